The third-order valence-electron chi connectivity index (χ3n) is 5.72. The maximum absolute atomic E-state index is 13.1. The molecule has 4 rings (SSSR count). The number of fused-ring (bicyclic) bond motifs is 3. The van der Waals surface area contributed by atoms with E-state index in [2.05, 4.69) is 4.90 Å². The average molecular weight is 328 g/mol. The highest BCUT2D eigenvalue weighted by atomic mass is 16.5. The summed E-state index contributed by atoms with van der Waals surface area (Å²) >= 11 is 0. The van der Waals surface area contributed by atoms with E-state index in [0.29, 0.717) is 11.3 Å². The second-order valence-electron chi connectivity index (χ2n) is 6.77. The highest BCUT2D eigenvalue weighted by molar-refractivity contribution is 6.11. The van der Waals surface area contributed by atoms with Gasteiger partial charge in [0.1, 0.15) is 5.75 Å². The number of hydrogen-bond acceptors (Lipinski definition) is 5. The van der Waals surface area contributed by atoms with Crippen molar-refractivity contribution in [3.63, 3.8) is 0 Å². The molecule has 1 aromatic carbocycles. The Morgan fingerprint density at radius 2 is 1.79 bits per heavy atom. The van der Waals surface area contributed by atoms with Crippen LogP contribution in [0.1, 0.15) is 23.2 Å². The van der Waals surface area contributed by atoms with Gasteiger partial charge in [-0.3, -0.25) is 24.2 Å². The SMILES string of the molecule is COc1ccc(C(=O)[C@@H]2[C@H]3C(=O)N(C)C(=O)[C@H]3[C@H]3CCCN32)cc1. The highest BCUT2D eigenvalue weighted by Gasteiger charge is 2.63. The number of Topliss-reactive ketones (excluding diaryl/α,β-unsaturated/α-hetero) is 1. The number of methoxy groups -OCH3 is 1. The van der Waals surface area contributed by atoms with Crippen molar-refractivity contribution in [2.75, 3.05) is 20.7 Å². The van der Waals surface area contributed by atoms with Gasteiger partial charge in [-0.05, 0) is 43.7 Å². The molecule has 0 N–H and O–H groups in total. The van der Waals surface area contributed by atoms with E-state index in [0.717, 1.165) is 19.4 Å². The molecule has 0 bridgehead atoms. The lowest BCUT2D eigenvalue weighted by Crippen LogP contribution is -2.45. The van der Waals surface area contributed by atoms with E-state index >= 15 is 0 Å². The molecule has 3 fully saturated rings. The fraction of sp³-hybridized carbons (Fsp3) is 0.500. The molecule has 2 amide bonds. The third-order valence-corrected chi connectivity index (χ3v) is 5.72. The number of ether oxygens (including phenoxy) is 1. The van der Waals surface area contributed by atoms with Crippen LogP contribution in [0.4, 0.5) is 0 Å². The van der Waals surface area contributed by atoms with Crippen LogP contribution in [0.15, 0.2) is 24.3 Å². The number of amides is 2. The second kappa shape index (κ2) is 5.41. The minimum atomic E-state index is -0.539. The van der Waals surface area contributed by atoms with E-state index in [-0.39, 0.29) is 29.6 Å². The van der Waals surface area contributed by atoms with Gasteiger partial charge in [0.05, 0.1) is 25.0 Å². The number of likely N-dealkylation sites (tertiary alicyclic amines) is 1. The van der Waals surface area contributed by atoms with E-state index in [9.17, 15) is 14.4 Å². The van der Waals surface area contributed by atoms with Crippen molar-refractivity contribution in [2.24, 2.45) is 11.8 Å². The summed E-state index contributed by atoms with van der Waals surface area (Å²) in [6.45, 7) is 0.772. The van der Waals surface area contributed by atoms with E-state index < -0.39 is 12.0 Å². The van der Waals surface area contributed by atoms with Gasteiger partial charge in [-0.25, -0.2) is 0 Å². The molecule has 0 radical (unpaired) electrons. The Bertz CT molecular complexity index is 714. The molecule has 3 aliphatic rings. The zero-order valence-electron chi connectivity index (χ0n) is 13.8. The van der Waals surface area contributed by atoms with Gasteiger partial charge >= 0.3 is 0 Å². The second-order valence-corrected chi connectivity index (χ2v) is 6.77. The van der Waals surface area contributed by atoms with E-state index in [1.54, 1.807) is 31.4 Å². The molecule has 3 heterocycles. The zero-order valence-corrected chi connectivity index (χ0v) is 13.8. The summed E-state index contributed by atoms with van der Waals surface area (Å²) in [5, 5.41) is 0. The number of nitrogens with zero attached hydrogens (tertiary/aromatic N) is 2. The highest BCUT2D eigenvalue weighted by Crippen LogP contribution is 2.47. The minimum absolute atomic E-state index is 0.0172. The Morgan fingerprint density at radius 3 is 2.46 bits per heavy atom. The van der Waals surface area contributed by atoms with Gasteiger partial charge in [0.2, 0.25) is 11.8 Å². The van der Waals surface area contributed by atoms with Crippen molar-refractivity contribution in [1.29, 1.82) is 0 Å². The first-order chi connectivity index (χ1) is 11.5. The van der Waals surface area contributed by atoms with Crippen LogP contribution in [0, 0.1) is 11.8 Å². The molecule has 24 heavy (non-hydrogen) atoms. The van der Waals surface area contributed by atoms with Crippen LogP contribution in [0.5, 0.6) is 5.75 Å². The molecule has 0 saturated carbocycles. The summed E-state index contributed by atoms with van der Waals surface area (Å²) in [4.78, 5) is 41.5. The topological polar surface area (TPSA) is 66.9 Å². The normalized spacial score (nSPS) is 32.2. The van der Waals surface area contributed by atoms with Crippen LogP contribution in [0.2, 0.25) is 0 Å². The van der Waals surface area contributed by atoms with Gasteiger partial charge in [-0.2, -0.15) is 0 Å². The van der Waals surface area contributed by atoms with Crippen LogP contribution in [-0.2, 0) is 9.59 Å². The first-order valence-electron chi connectivity index (χ1n) is 8.30. The Balaban J connectivity index is 1.71. The first-order valence-corrected chi connectivity index (χ1v) is 8.30. The maximum Gasteiger partial charge on any atom is 0.234 e. The summed E-state index contributed by atoms with van der Waals surface area (Å²) in [5.41, 5.74) is 0.557. The predicted octanol–water partition coefficient (Wildman–Crippen LogP) is 0.955. The van der Waals surface area contributed by atoms with E-state index in [1.165, 1.54) is 11.9 Å². The van der Waals surface area contributed by atoms with Crippen LogP contribution < -0.4 is 4.74 Å². The van der Waals surface area contributed by atoms with Gasteiger partial charge in [0.15, 0.2) is 5.78 Å². The first kappa shape index (κ1) is 15.3. The van der Waals surface area contributed by atoms with Crippen LogP contribution in [-0.4, -0.2) is 60.2 Å². The Morgan fingerprint density at radius 1 is 1.12 bits per heavy atom. The van der Waals surface area contributed by atoms with Crippen molar-refractivity contribution in [2.45, 2.75) is 24.9 Å². The van der Waals surface area contributed by atoms with Crippen LogP contribution in [0.3, 0.4) is 0 Å². The molecular formula is C18H20N2O4. The summed E-state index contributed by atoms with van der Waals surface area (Å²) < 4.78 is 5.13. The quantitative estimate of drug-likeness (QED) is 0.611. The zero-order chi connectivity index (χ0) is 17.0. The summed E-state index contributed by atoms with van der Waals surface area (Å²) in [5.74, 6) is -0.645. The fourth-order valence-corrected chi connectivity index (χ4v) is 4.59. The van der Waals surface area contributed by atoms with Gasteiger partial charge in [0, 0.05) is 18.7 Å². The molecule has 6 heteroatoms. The molecule has 0 spiro atoms. The molecular weight excluding hydrogens is 308 g/mol. The minimum Gasteiger partial charge on any atom is -0.497 e. The predicted molar refractivity (Wildman–Crippen MR) is 85.6 cm³/mol. The van der Waals surface area contributed by atoms with E-state index in [1.807, 2.05) is 0 Å². The number of carbonyl (C=O) groups is 3. The maximum atomic E-state index is 13.1. The number of ketones is 1. The van der Waals surface area contributed by atoms with Crippen molar-refractivity contribution in [3.8, 4) is 5.75 Å². The van der Waals surface area contributed by atoms with Crippen LogP contribution in [0.25, 0.3) is 0 Å². The lowest BCUT2D eigenvalue weighted by atomic mass is 9.85. The standard InChI is InChI=1S/C18H20N2O4/c1-19-17(22)13-12-4-3-9-20(12)15(14(13)18(19)23)16(21)10-5-7-11(24-2)8-6-10/h5-8,12-15H,3-4,9H2,1-2H3/t12-,13+,14+,15+/m1/s1. The van der Waals surface area contributed by atoms with Crippen molar-refractivity contribution >= 4 is 17.6 Å². The molecule has 3 saturated heterocycles. The fourth-order valence-electron chi connectivity index (χ4n) is 4.59. The average Bonchev–Trinajstić information content (AvgIpc) is 3.24. The Hall–Kier alpha value is -2.21. The van der Waals surface area contributed by atoms with Crippen molar-refractivity contribution in [3.05, 3.63) is 29.8 Å². The van der Waals surface area contributed by atoms with Gasteiger partial charge < -0.3 is 4.74 Å². The van der Waals surface area contributed by atoms with Gasteiger partial charge in [-0.15, -0.1) is 0 Å². The van der Waals surface area contributed by atoms with E-state index in [4.69, 9.17) is 4.74 Å². The number of carbonyl (C=O) groups excluding carboxylic acids is 3. The molecule has 126 valence electrons. The number of hydrogen-bond donors (Lipinski definition) is 0. The lowest BCUT2D eigenvalue weighted by Gasteiger charge is -2.26. The van der Waals surface area contributed by atoms with Crippen LogP contribution >= 0.6 is 0 Å². The molecule has 4 atom stereocenters. The number of rotatable bonds is 3. The Labute approximate surface area is 140 Å². The molecule has 0 aliphatic carbocycles. The lowest BCUT2D eigenvalue weighted by molar-refractivity contribution is -0.139. The molecule has 6 nitrogen and oxygen atoms in total. The number of benzene rings is 1. The molecule has 0 unspecified atom stereocenters. The Kier molecular flexibility index (Phi) is 3.46. The van der Waals surface area contributed by atoms with Crippen molar-refractivity contribution < 1.29 is 19.1 Å². The monoisotopic (exact) mass is 328 g/mol. The molecule has 1 aromatic rings. The summed E-state index contributed by atoms with van der Waals surface area (Å²) in [6, 6.07) is 6.43. The number of imide groups is 1. The van der Waals surface area contributed by atoms with Gasteiger partial charge in [0.25, 0.3) is 0 Å². The molecule has 3 aliphatic heterocycles. The largest absolute Gasteiger partial charge is 0.497 e. The van der Waals surface area contributed by atoms with Gasteiger partial charge in [-0.1, -0.05) is 0 Å². The summed E-state index contributed by atoms with van der Waals surface area (Å²) in [6.07, 6.45) is 1.84. The smallest absolute Gasteiger partial charge is 0.234 e. The summed E-state index contributed by atoms with van der Waals surface area (Å²) in [7, 11) is 3.10. The van der Waals surface area contributed by atoms with Crippen molar-refractivity contribution in [1.82, 2.24) is 9.80 Å². The third kappa shape index (κ3) is 1.95. The molecule has 0 aromatic heterocycles.